The van der Waals surface area contributed by atoms with E-state index < -0.39 is 5.82 Å². The van der Waals surface area contributed by atoms with E-state index in [1.807, 2.05) is 24.5 Å². The fraction of sp³-hybridized carbons (Fsp3) is 0.0952. The minimum Gasteiger partial charge on any atom is -0.400 e. The van der Waals surface area contributed by atoms with Crippen molar-refractivity contribution in [2.45, 2.75) is 6.92 Å². The third-order valence-corrected chi connectivity index (χ3v) is 4.50. The summed E-state index contributed by atoms with van der Waals surface area (Å²) < 4.78 is 12.8. The molecule has 0 spiro atoms. The number of carbonyl (C=O) groups is 1. The highest BCUT2D eigenvalue weighted by atomic mass is 35.5. The number of aliphatic hydroxyl groups excluding tert-OH is 1. The average molecular weight is 459 g/mol. The highest BCUT2D eigenvalue weighted by Crippen LogP contribution is 2.23. The van der Waals surface area contributed by atoms with Crippen LogP contribution < -0.4 is 5.48 Å². The quantitative estimate of drug-likeness (QED) is 0.313. The Labute approximate surface area is 183 Å². The Morgan fingerprint density at radius 2 is 1.52 bits per heavy atom. The maximum atomic E-state index is 12.8. The van der Waals surface area contributed by atoms with Crippen molar-refractivity contribution in [2.75, 3.05) is 12.6 Å². The number of rotatable bonds is 3. The number of aryl methyl sites for hydroxylation is 1. The van der Waals surface area contributed by atoms with Crippen molar-refractivity contribution in [1.29, 1.82) is 0 Å². The number of benzene rings is 3. The molecule has 0 aliphatic rings. The zero-order valence-electron chi connectivity index (χ0n) is 15.6. The van der Waals surface area contributed by atoms with E-state index in [0.29, 0.717) is 20.6 Å². The van der Waals surface area contributed by atoms with Crippen molar-refractivity contribution < 1.29 is 19.5 Å². The van der Waals surface area contributed by atoms with Gasteiger partial charge in [-0.25, -0.2) is 4.39 Å². The molecule has 3 aromatic carbocycles. The van der Waals surface area contributed by atoms with Crippen molar-refractivity contribution in [2.24, 2.45) is 0 Å². The Hall–Kier alpha value is -2.15. The second kappa shape index (κ2) is 12.4. The minimum atomic E-state index is -0.418. The number of halogens is 4. The molecule has 0 aliphatic carbocycles. The summed E-state index contributed by atoms with van der Waals surface area (Å²) in [4.78, 5) is 12.2. The van der Waals surface area contributed by atoms with Crippen molar-refractivity contribution in [1.82, 2.24) is 0 Å². The Morgan fingerprint density at radius 3 is 2.03 bits per heavy atom. The molecule has 3 rings (SSSR count). The van der Waals surface area contributed by atoms with Crippen LogP contribution in [0.3, 0.4) is 0 Å². The van der Waals surface area contributed by atoms with Crippen LogP contribution in [-0.4, -0.2) is 23.2 Å². The largest absolute Gasteiger partial charge is 0.400 e. The SMILES string of the molecule is CO.Cc1ccc(Cl)c(Cl)c1.O=C(c1ccc(F)cc1)c1cc(Cl)ccc1NO. The number of aliphatic hydroxyl groups is 1. The van der Waals surface area contributed by atoms with E-state index in [9.17, 15) is 9.18 Å². The Bertz CT molecular complexity index is 950. The molecule has 29 heavy (non-hydrogen) atoms. The number of hydrogen-bond donors (Lipinski definition) is 3. The Morgan fingerprint density at radius 1 is 0.897 bits per heavy atom. The van der Waals surface area contributed by atoms with Crippen LogP contribution in [0.2, 0.25) is 15.1 Å². The van der Waals surface area contributed by atoms with Gasteiger partial charge < -0.3 is 5.11 Å². The Balaban J connectivity index is 0.000000321. The molecule has 0 unspecified atom stereocenters. The number of nitrogens with one attached hydrogen (secondary N) is 1. The first-order valence-electron chi connectivity index (χ1n) is 8.18. The predicted molar refractivity (Wildman–Crippen MR) is 116 cm³/mol. The predicted octanol–water partition coefficient (Wildman–Crippen LogP) is 6.42. The van der Waals surface area contributed by atoms with Gasteiger partial charge in [0.25, 0.3) is 0 Å². The van der Waals surface area contributed by atoms with Gasteiger partial charge in [0, 0.05) is 23.3 Å². The topological polar surface area (TPSA) is 69.6 Å². The van der Waals surface area contributed by atoms with E-state index in [1.165, 1.54) is 36.4 Å². The molecular weight excluding hydrogens is 440 g/mol. The summed E-state index contributed by atoms with van der Waals surface area (Å²) in [6, 6.07) is 15.2. The summed E-state index contributed by atoms with van der Waals surface area (Å²) in [6.07, 6.45) is 0. The van der Waals surface area contributed by atoms with Gasteiger partial charge in [-0.05, 0) is 67.1 Å². The van der Waals surface area contributed by atoms with Gasteiger partial charge in [0.15, 0.2) is 5.78 Å². The van der Waals surface area contributed by atoms with Gasteiger partial charge in [-0.2, -0.15) is 0 Å². The molecule has 4 nitrogen and oxygen atoms in total. The van der Waals surface area contributed by atoms with E-state index in [1.54, 1.807) is 12.1 Å². The second-order valence-electron chi connectivity index (χ2n) is 5.56. The summed E-state index contributed by atoms with van der Waals surface area (Å²) >= 11 is 17.1. The monoisotopic (exact) mass is 457 g/mol. The average Bonchev–Trinajstić information content (AvgIpc) is 2.73. The third-order valence-electron chi connectivity index (χ3n) is 3.53. The fourth-order valence-electron chi connectivity index (χ4n) is 2.16. The molecule has 3 aromatic rings. The fourth-order valence-corrected chi connectivity index (χ4v) is 2.68. The van der Waals surface area contributed by atoms with Crippen LogP contribution in [0.15, 0.2) is 60.7 Å². The van der Waals surface area contributed by atoms with E-state index in [4.69, 9.17) is 45.1 Å². The Kier molecular flexibility index (Phi) is 10.7. The summed E-state index contributed by atoms with van der Waals surface area (Å²) in [5.74, 6) is -0.771. The standard InChI is InChI=1S/C13H9ClFNO2.C7H6Cl2.CH4O/c14-9-3-6-12(16-18)11(7-9)13(17)8-1-4-10(15)5-2-8;1-5-2-3-6(8)7(9)4-5;1-2/h1-7,16,18H;2-4H,1H3;2H,1H3. The van der Waals surface area contributed by atoms with E-state index >= 15 is 0 Å². The van der Waals surface area contributed by atoms with Crippen molar-refractivity contribution in [3.8, 4) is 0 Å². The van der Waals surface area contributed by atoms with Crippen LogP contribution in [0.5, 0.6) is 0 Å². The summed E-state index contributed by atoms with van der Waals surface area (Å²) in [7, 11) is 1.00. The van der Waals surface area contributed by atoms with E-state index in [2.05, 4.69) is 0 Å². The number of ketones is 1. The maximum Gasteiger partial charge on any atom is 0.195 e. The van der Waals surface area contributed by atoms with Crippen LogP contribution >= 0.6 is 34.8 Å². The van der Waals surface area contributed by atoms with Gasteiger partial charge in [0.05, 0.1) is 15.7 Å². The summed E-state index contributed by atoms with van der Waals surface area (Å²) in [6.45, 7) is 1.97. The first kappa shape index (κ1) is 24.9. The molecule has 0 saturated carbocycles. The highest BCUT2D eigenvalue weighted by Gasteiger charge is 2.14. The van der Waals surface area contributed by atoms with Gasteiger partial charge in [-0.1, -0.05) is 40.9 Å². The molecule has 8 heteroatoms. The lowest BCUT2D eigenvalue weighted by atomic mass is 10.0. The van der Waals surface area contributed by atoms with Crippen molar-refractivity contribution in [3.05, 3.63) is 98.2 Å². The van der Waals surface area contributed by atoms with Crippen LogP contribution in [0.4, 0.5) is 10.1 Å². The zero-order valence-corrected chi connectivity index (χ0v) is 17.9. The third kappa shape index (κ3) is 7.65. The lowest BCUT2D eigenvalue weighted by molar-refractivity contribution is 0.103. The zero-order chi connectivity index (χ0) is 22.0. The highest BCUT2D eigenvalue weighted by molar-refractivity contribution is 6.42. The van der Waals surface area contributed by atoms with Gasteiger partial charge >= 0.3 is 0 Å². The van der Waals surface area contributed by atoms with Crippen molar-refractivity contribution in [3.63, 3.8) is 0 Å². The maximum absolute atomic E-state index is 12.8. The molecule has 0 aromatic heterocycles. The number of anilines is 1. The van der Waals surface area contributed by atoms with Crippen LogP contribution in [0.25, 0.3) is 0 Å². The molecular formula is C21H19Cl3FNO3. The smallest absolute Gasteiger partial charge is 0.195 e. The second-order valence-corrected chi connectivity index (χ2v) is 6.81. The van der Waals surface area contributed by atoms with Gasteiger partial charge in [0.2, 0.25) is 0 Å². The van der Waals surface area contributed by atoms with Gasteiger partial charge in [-0.3, -0.25) is 15.5 Å². The van der Waals surface area contributed by atoms with Crippen LogP contribution in [0, 0.1) is 12.7 Å². The summed E-state index contributed by atoms with van der Waals surface area (Å²) in [5.41, 5.74) is 3.84. The van der Waals surface area contributed by atoms with Crippen LogP contribution in [0.1, 0.15) is 21.5 Å². The summed E-state index contributed by atoms with van der Waals surface area (Å²) in [5, 5.41) is 17.6. The molecule has 0 heterocycles. The first-order chi connectivity index (χ1) is 13.8. The van der Waals surface area contributed by atoms with Crippen LogP contribution in [-0.2, 0) is 0 Å². The van der Waals surface area contributed by atoms with Crippen molar-refractivity contribution >= 4 is 46.3 Å². The lowest BCUT2D eigenvalue weighted by Crippen LogP contribution is -2.05. The molecule has 3 N–H and O–H groups in total. The van der Waals surface area contributed by atoms with E-state index in [0.717, 1.165) is 12.7 Å². The minimum absolute atomic E-state index is 0.219. The van der Waals surface area contributed by atoms with Gasteiger partial charge in [0.1, 0.15) is 5.82 Å². The normalized spacial score (nSPS) is 9.52. The molecule has 0 amide bonds. The lowest BCUT2D eigenvalue weighted by Gasteiger charge is -2.07. The number of carbonyl (C=O) groups excluding carboxylic acids is 1. The molecule has 0 atom stereocenters. The van der Waals surface area contributed by atoms with Gasteiger partial charge in [-0.15, -0.1) is 0 Å². The first-order valence-corrected chi connectivity index (χ1v) is 9.31. The molecule has 0 bridgehead atoms. The molecule has 0 radical (unpaired) electrons. The molecule has 0 fully saturated rings. The molecule has 0 saturated heterocycles. The molecule has 154 valence electrons. The molecule has 0 aliphatic heterocycles. The number of hydrogen-bond acceptors (Lipinski definition) is 4. The van der Waals surface area contributed by atoms with E-state index in [-0.39, 0.29) is 17.0 Å².